The van der Waals surface area contributed by atoms with Crippen molar-refractivity contribution in [2.45, 2.75) is 0 Å². The number of imidazole rings is 1. The summed E-state index contributed by atoms with van der Waals surface area (Å²) in [6, 6.07) is 4.63. The highest BCUT2D eigenvalue weighted by molar-refractivity contribution is 14.1. The molecule has 0 aliphatic heterocycles. The first-order chi connectivity index (χ1) is 10.1. The number of carbonyl (C=O) groups is 1. The molecule has 0 atom stereocenters. The molecule has 106 valence electrons. The maximum absolute atomic E-state index is 10.9. The quantitative estimate of drug-likeness (QED) is 0.642. The third-order valence-corrected chi connectivity index (χ3v) is 3.96. The number of benzene rings is 1. The van der Waals surface area contributed by atoms with E-state index in [0.717, 1.165) is 3.70 Å². The molecule has 3 rings (SSSR count). The number of halogens is 2. The van der Waals surface area contributed by atoms with Crippen LogP contribution in [0.2, 0.25) is 5.02 Å². The van der Waals surface area contributed by atoms with E-state index in [1.54, 1.807) is 24.5 Å². The maximum Gasteiger partial charge on any atom is 0.337 e. The van der Waals surface area contributed by atoms with Crippen molar-refractivity contribution < 1.29 is 9.90 Å². The number of aromatic carboxylic acids is 1. The normalized spacial score (nSPS) is 10.8. The molecule has 0 saturated carbocycles. The minimum atomic E-state index is -1.06. The third kappa shape index (κ3) is 2.66. The van der Waals surface area contributed by atoms with Crippen molar-refractivity contribution in [3.05, 3.63) is 51.1 Å². The third-order valence-electron chi connectivity index (χ3n) is 2.85. The van der Waals surface area contributed by atoms with Gasteiger partial charge in [0, 0.05) is 18.1 Å². The fourth-order valence-corrected chi connectivity index (χ4v) is 2.67. The molecular weight excluding hydrogens is 407 g/mol. The molecule has 6 nitrogen and oxygen atoms in total. The molecule has 0 spiro atoms. The molecule has 0 amide bonds. The molecule has 1 aromatic carbocycles. The van der Waals surface area contributed by atoms with Crippen LogP contribution < -0.4 is 5.32 Å². The van der Waals surface area contributed by atoms with Crippen LogP contribution in [0.3, 0.4) is 0 Å². The Kier molecular flexibility index (Phi) is 3.68. The lowest BCUT2D eigenvalue weighted by Crippen LogP contribution is -2.01. The summed E-state index contributed by atoms with van der Waals surface area (Å²) in [6.45, 7) is 0. The minimum Gasteiger partial charge on any atom is -0.478 e. The number of fused-ring (bicyclic) bond motifs is 1. The van der Waals surface area contributed by atoms with Crippen LogP contribution in [0.5, 0.6) is 0 Å². The van der Waals surface area contributed by atoms with Crippen LogP contribution in [-0.2, 0) is 0 Å². The van der Waals surface area contributed by atoms with Gasteiger partial charge in [0.2, 0.25) is 0 Å². The predicted octanol–water partition coefficient (Wildman–Crippen LogP) is 3.43. The van der Waals surface area contributed by atoms with Gasteiger partial charge in [0.15, 0.2) is 11.5 Å². The van der Waals surface area contributed by atoms with Gasteiger partial charge in [-0.05, 0) is 40.8 Å². The molecule has 8 heteroatoms. The zero-order valence-electron chi connectivity index (χ0n) is 10.4. The monoisotopic (exact) mass is 414 g/mol. The molecule has 3 aromatic rings. The number of anilines is 2. The summed E-state index contributed by atoms with van der Waals surface area (Å²) >= 11 is 8.13. The first kappa shape index (κ1) is 14.1. The zero-order valence-corrected chi connectivity index (χ0v) is 13.3. The van der Waals surface area contributed by atoms with Gasteiger partial charge in [-0.1, -0.05) is 11.6 Å². The maximum atomic E-state index is 10.9. The van der Waals surface area contributed by atoms with E-state index in [4.69, 9.17) is 16.7 Å². The molecule has 2 aromatic heterocycles. The second kappa shape index (κ2) is 5.49. The summed E-state index contributed by atoms with van der Waals surface area (Å²) in [5, 5.41) is 12.2. The number of nitrogens with zero attached hydrogens (tertiary/aromatic N) is 3. The number of carboxylic acid groups (broad SMARTS) is 1. The minimum absolute atomic E-state index is 0.0590. The van der Waals surface area contributed by atoms with E-state index < -0.39 is 5.97 Å². The lowest BCUT2D eigenvalue weighted by Gasteiger charge is -2.08. The average Bonchev–Trinajstić information content (AvgIpc) is 2.81. The fraction of sp³-hybridized carbons (Fsp3) is 0. The molecule has 0 aliphatic carbocycles. The highest BCUT2D eigenvalue weighted by atomic mass is 127. The molecule has 21 heavy (non-hydrogen) atoms. The largest absolute Gasteiger partial charge is 0.478 e. The van der Waals surface area contributed by atoms with E-state index in [0.29, 0.717) is 17.2 Å². The second-order valence-corrected chi connectivity index (χ2v) is 5.69. The summed E-state index contributed by atoms with van der Waals surface area (Å²) in [6.07, 6.45) is 5.21. The van der Waals surface area contributed by atoms with Crippen molar-refractivity contribution in [3.63, 3.8) is 0 Å². The van der Waals surface area contributed by atoms with Gasteiger partial charge in [-0.15, -0.1) is 0 Å². The number of hydrogen-bond acceptors (Lipinski definition) is 4. The van der Waals surface area contributed by atoms with Crippen LogP contribution in [-0.4, -0.2) is 25.4 Å². The molecule has 0 bridgehead atoms. The van der Waals surface area contributed by atoms with Crippen LogP contribution in [0.25, 0.3) is 5.65 Å². The highest BCUT2D eigenvalue weighted by Gasteiger charge is 2.11. The highest BCUT2D eigenvalue weighted by Crippen LogP contribution is 2.25. The second-order valence-electron chi connectivity index (χ2n) is 4.18. The van der Waals surface area contributed by atoms with Crippen LogP contribution in [0.1, 0.15) is 10.4 Å². The van der Waals surface area contributed by atoms with Crippen molar-refractivity contribution in [1.29, 1.82) is 0 Å². The standard InChI is InChI=1S/C13H8ClIN4O2/c14-9-5-7(1-2-8(9)13(20)21)18-11-12-17-6-10(15)19(12)4-3-16-11/h1-6H,(H,16,18)(H,20,21). The van der Waals surface area contributed by atoms with E-state index in [-0.39, 0.29) is 10.6 Å². The van der Waals surface area contributed by atoms with Crippen molar-refractivity contribution >= 4 is 57.3 Å². The molecule has 0 fully saturated rings. The molecule has 0 radical (unpaired) electrons. The van der Waals surface area contributed by atoms with Crippen molar-refractivity contribution in [2.24, 2.45) is 0 Å². The first-order valence-electron chi connectivity index (χ1n) is 5.83. The zero-order chi connectivity index (χ0) is 15.0. The van der Waals surface area contributed by atoms with Gasteiger partial charge in [0.25, 0.3) is 0 Å². The SMILES string of the molecule is O=C(O)c1ccc(Nc2nccn3c(I)cnc23)cc1Cl. The van der Waals surface area contributed by atoms with E-state index in [1.807, 2.05) is 10.6 Å². The van der Waals surface area contributed by atoms with Crippen molar-refractivity contribution in [2.75, 3.05) is 5.32 Å². The van der Waals surface area contributed by atoms with Gasteiger partial charge in [-0.3, -0.25) is 4.40 Å². The Morgan fingerprint density at radius 3 is 2.90 bits per heavy atom. The van der Waals surface area contributed by atoms with Crippen molar-refractivity contribution in [3.8, 4) is 0 Å². The smallest absolute Gasteiger partial charge is 0.337 e. The Hall–Kier alpha value is -1.87. The van der Waals surface area contributed by atoms with Gasteiger partial charge in [-0.2, -0.15) is 0 Å². The summed E-state index contributed by atoms with van der Waals surface area (Å²) in [7, 11) is 0. The summed E-state index contributed by atoms with van der Waals surface area (Å²) in [5.41, 5.74) is 1.38. The van der Waals surface area contributed by atoms with E-state index in [9.17, 15) is 4.79 Å². The van der Waals surface area contributed by atoms with Gasteiger partial charge in [-0.25, -0.2) is 14.8 Å². The predicted molar refractivity (Wildman–Crippen MR) is 87.4 cm³/mol. The Bertz CT molecular complexity index is 849. The Morgan fingerprint density at radius 2 is 2.19 bits per heavy atom. The van der Waals surface area contributed by atoms with Crippen molar-refractivity contribution in [1.82, 2.24) is 14.4 Å². The Balaban J connectivity index is 1.99. The Labute approximate surface area is 137 Å². The van der Waals surface area contributed by atoms with E-state index in [1.165, 1.54) is 6.07 Å². The van der Waals surface area contributed by atoms with Crippen LogP contribution in [0.4, 0.5) is 11.5 Å². The number of nitrogens with one attached hydrogen (secondary N) is 1. The topological polar surface area (TPSA) is 79.5 Å². The number of aromatic nitrogens is 3. The van der Waals surface area contributed by atoms with Crippen LogP contribution in [0.15, 0.2) is 36.8 Å². The molecule has 0 aliphatic rings. The van der Waals surface area contributed by atoms with Gasteiger partial charge < -0.3 is 10.4 Å². The number of rotatable bonds is 3. The van der Waals surface area contributed by atoms with Crippen LogP contribution in [0, 0.1) is 3.70 Å². The van der Waals surface area contributed by atoms with E-state index >= 15 is 0 Å². The molecule has 0 saturated heterocycles. The first-order valence-corrected chi connectivity index (χ1v) is 7.29. The molecular formula is C13H8ClIN4O2. The molecule has 2 heterocycles. The lowest BCUT2D eigenvalue weighted by molar-refractivity contribution is 0.0697. The lowest BCUT2D eigenvalue weighted by atomic mass is 10.2. The van der Waals surface area contributed by atoms with Gasteiger partial charge in [0.1, 0.15) is 3.70 Å². The number of carboxylic acids is 1. The average molecular weight is 415 g/mol. The number of hydrogen-bond donors (Lipinski definition) is 2. The summed E-state index contributed by atoms with van der Waals surface area (Å²) in [5.74, 6) is -0.492. The summed E-state index contributed by atoms with van der Waals surface area (Å²) < 4.78 is 2.86. The fourth-order valence-electron chi connectivity index (χ4n) is 1.88. The van der Waals surface area contributed by atoms with Gasteiger partial charge in [0.05, 0.1) is 16.8 Å². The van der Waals surface area contributed by atoms with Gasteiger partial charge >= 0.3 is 5.97 Å². The Morgan fingerprint density at radius 1 is 1.38 bits per heavy atom. The molecule has 2 N–H and O–H groups in total. The van der Waals surface area contributed by atoms with Crippen LogP contribution >= 0.6 is 34.2 Å². The van der Waals surface area contributed by atoms with E-state index in [2.05, 4.69) is 37.9 Å². The molecule has 0 unspecified atom stereocenters. The summed E-state index contributed by atoms with van der Waals surface area (Å²) in [4.78, 5) is 19.5.